The largest absolute Gasteiger partial charge is 0.508 e. The number of phenolic OH excluding ortho intramolecular Hbond substituents is 1. The van der Waals surface area contributed by atoms with Crippen molar-refractivity contribution in [2.45, 2.75) is 6.42 Å². The number of nitrogens with zero attached hydrogens (tertiary/aromatic N) is 2. The molecule has 0 saturated carbocycles. The van der Waals surface area contributed by atoms with Crippen molar-refractivity contribution in [2.24, 2.45) is 0 Å². The van der Waals surface area contributed by atoms with Crippen LogP contribution in [0, 0.1) is 0 Å². The standard InChI is InChI=1S/C15H10BrClN2O2/c16-10-3-1-2-9(6-10)7-14-18-15(21-19-14)12-8-11(20)4-5-13(12)17/h1-6,8,20H,7H2. The van der Waals surface area contributed by atoms with Crippen LogP contribution in [0.25, 0.3) is 11.5 Å². The Labute approximate surface area is 134 Å². The van der Waals surface area contributed by atoms with E-state index in [1.807, 2.05) is 24.3 Å². The third kappa shape index (κ3) is 3.25. The van der Waals surface area contributed by atoms with Crippen LogP contribution in [0.5, 0.6) is 5.75 Å². The van der Waals surface area contributed by atoms with Gasteiger partial charge in [-0.3, -0.25) is 0 Å². The number of rotatable bonds is 3. The van der Waals surface area contributed by atoms with E-state index < -0.39 is 0 Å². The van der Waals surface area contributed by atoms with Crippen molar-refractivity contribution in [1.82, 2.24) is 10.1 Å². The Kier molecular flexibility index (Phi) is 3.94. The van der Waals surface area contributed by atoms with Gasteiger partial charge in [0.1, 0.15) is 5.75 Å². The van der Waals surface area contributed by atoms with Crippen molar-refractivity contribution in [3.8, 4) is 17.2 Å². The summed E-state index contributed by atoms with van der Waals surface area (Å²) in [7, 11) is 0. The predicted octanol–water partition coefficient (Wildman–Crippen LogP) is 4.45. The molecule has 3 rings (SSSR count). The Hall–Kier alpha value is -1.85. The average molecular weight is 366 g/mol. The second kappa shape index (κ2) is 5.87. The van der Waals surface area contributed by atoms with Gasteiger partial charge in [-0.05, 0) is 35.9 Å². The summed E-state index contributed by atoms with van der Waals surface area (Å²) in [5.74, 6) is 0.949. The molecule has 0 aliphatic heterocycles. The minimum atomic E-state index is 0.0983. The molecule has 0 bridgehead atoms. The van der Waals surface area contributed by atoms with Gasteiger partial charge in [0, 0.05) is 10.9 Å². The fourth-order valence-electron chi connectivity index (χ4n) is 1.94. The van der Waals surface area contributed by atoms with Gasteiger partial charge in [0.05, 0.1) is 10.6 Å². The van der Waals surface area contributed by atoms with E-state index in [2.05, 4.69) is 26.1 Å². The summed E-state index contributed by atoms with van der Waals surface area (Å²) in [6, 6.07) is 12.5. The van der Waals surface area contributed by atoms with Crippen molar-refractivity contribution in [2.75, 3.05) is 0 Å². The molecule has 0 amide bonds. The number of benzene rings is 2. The summed E-state index contributed by atoms with van der Waals surface area (Å²) in [5, 5.41) is 13.9. The number of aromatic hydroxyl groups is 1. The first-order valence-corrected chi connectivity index (χ1v) is 7.35. The summed E-state index contributed by atoms with van der Waals surface area (Å²) in [6.07, 6.45) is 0.555. The van der Waals surface area contributed by atoms with Crippen molar-refractivity contribution < 1.29 is 9.63 Å². The first-order valence-electron chi connectivity index (χ1n) is 6.18. The number of halogens is 2. The van der Waals surface area contributed by atoms with Crippen molar-refractivity contribution in [3.05, 3.63) is 63.3 Å². The highest BCUT2D eigenvalue weighted by Crippen LogP contribution is 2.30. The smallest absolute Gasteiger partial charge is 0.259 e. The Morgan fingerprint density at radius 2 is 2.05 bits per heavy atom. The van der Waals surface area contributed by atoms with Gasteiger partial charge >= 0.3 is 0 Å². The zero-order chi connectivity index (χ0) is 14.8. The van der Waals surface area contributed by atoms with Gasteiger partial charge in [-0.2, -0.15) is 4.98 Å². The molecule has 1 aromatic heterocycles. The lowest BCUT2D eigenvalue weighted by molar-refractivity contribution is 0.423. The second-order valence-corrected chi connectivity index (χ2v) is 5.81. The van der Waals surface area contributed by atoms with Crippen LogP contribution in [-0.2, 0) is 6.42 Å². The fraction of sp³-hybridized carbons (Fsp3) is 0.0667. The SMILES string of the molecule is Oc1ccc(Cl)c(-c2nc(Cc3cccc(Br)c3)no2)c1. The molecule has 1 N–H and O–H groups in total. The Bertz CT molecular complexity index is 789. The van der Waals surface area contributed by atoms with Crippen LogP contribution in [0.1, 0.15) is 11.4 Å². The third-order valence-electron chi connectivity index (χ3n) is 2.90. The van der Waals surface area contributed by atoms with Crippen LogP contribution in [-0.4, -0.2) is 15.2 Å². The minimum Gasteiger partial charge on any atom is -0.508 e. The Balaban J connectivity index is 1.88. The Morgan fingerprint density at radius 1 is 1.19 bits per heavy atom. The normalized spacial score (nSPS) is 10.8. The first-order chi connectivity index (χ1) is 10.1. The summed E-state index contributed by atoms with van der Waals surface area (Å²) in [6.45, 7) is 0. The minimum absolute atomic E-state index is 0.0983. The van der Waals surface area contributed by atoms with E-state index in [1.54, 1.807) is 6.07 Å². The lowest BCUT2D eigenvalue weighted by atomic mass is 10.1. The van der Waals surface area contributed by atoms with E-state index in [-0.39, 0.29) is 5.75 Å². The molecule has 0 radical (unpaired) electrons. The average Bonchev–Trinajstić information content (AvgIpc) is 2.90. The molecule has 0 spiro atoms. The van der Waals surface area contributed by atoms with Crippen molar-refractivity contribution in [3.63, 3.8) is 0 Å². The van der Waals surface area contributed by atoms with Gasteiger partial charge in [0.2, 0.25) is 0 Å². The molecule has 21 heavy (non-hydrogen) atoms. The van der Waals surface area contributed by atoms with Crippen LogP contribution in [0.3, 0.4) is 0 Å². The molecule has 106 valence electrons. The molecular formula is C15H10BrClN2O2. The molecule has 0 atom stereocenters. The molecule has 0 aliphatic carbocycles. The lowest BCUT2D eigenvalue weighted by Crippen LogP contribution is -1.90. The first kappa shape index (κ1) is 14.1. The van der Waals surface area contributed by atoms with Gasteiger partial charge in [-0.1, -0.05) is 44.8 Å². The second-order valence-electron chi connectivity index (χ2n) is 4.49. The zero-order valence-corrected chi connectivity index (χ0v) is 13.1. The summed E-state index contributed by atoms with van der Waals surface area (Å²) in [5.41, 5.74) is 1.59. The van der Waals surface area contributed by atoms with E-state index in [9.17, 15) is 5.11 Å². The maximum absolute atomic E-state index is 9.52. The van der Waals surface area contributed by atoms with Crippen molar-refractivity contribution >= 4 is 27.5 Å². The number of aromatic nitrogens is 2. The van der Waals surface area contributed by atoms with E-state index in [1.165, 1.54) is 12.1 Å². The highest BCUT2D eigenvalue weighted by Gasteiger charge is 2.13. The lowest BCUT2D eigenvalue weighted by Gasteiger charge is -1.99. The maximum atomic E-state index is 9.52. The van der Waals surface area contributed by atoms with Crippen LogP contribution in [0.2, 0.25) is 5.02 Å². The van der Waals surface area contributed by atoms with E-state index in [4.69, 9.17) is 16.1 Å². The summed E-state index contributed by atoms with van der Waals surface area (Å²) < 4.78 is 6.22. The van der Waals surface area contributed by atoms with E-state index >= 15 is 0 Å². The van der Waals surface area contributed by atoms with Crippen LogP contribution >= 0.6 is 27.5 Å². The van der Waals surface area contributed by atoms with Gasteiger partial charge in [-0.15, -0.1) is 0 Å². The molecule has 0 saturated heterocycles. The molecular weight excluding hydrogens is 356 g/mol. The van der Waals surface area contributed by atoms with Gasteiger partial charge in [0.25, 0.3) is 5.89 Å². The van der Waals surface area contributed by atoms with Crippen LogP contribution < -0.4 is 0 Å². The number of phenols is 1. The van der Waals surface area contributed by atoms with Crippen LogP contribution in [0.4, 0.5) is 0 Å². The molecule has 4 nitrogen and oxygen atoms in total. The van der Waals surface area contributed by atoms with E-state index in [0.717, 1.165) is 10.0 Å². The predicted molar refractivity (Wildman–Crippen MR) is 83.4 cm³/mol. The topological polar surface area (TPSA) is 59.2 Å². The molecule has 0 aliphatic rings. The number of hydrogen-bond acceptors (Lipinski definition) is 4. The Morgan fingerprint density at radius 3 is 2.86 bits per heavy atom. The maximum Gasteiger partial charge on any atom is 0.259 e. The molecule has 3 aromatic rings. The monoisotopic (exact) mass is 364 g/mol. The molecule has 1 heterocycles. The molecule has 2 aromatic carbocycles. The zero-order valence-electron chi connectivity index (χ0n) is 10.8. The van der Waals surface area contributed by atoms with Gasteiger partial charge in [-0.25, -0.2) is 0 Å². The summed E-state index contributed by atoms with van der Waals surface area (Å²) >= 11 is 9.50. The van der Waals surface area contributed by atoms with E-state index in [0.29, 0.717) is 28.7 Å². The number of hydrogen-bond donors (Lipinski definition) is 1. The van der Waals surface area contributed by atoms with Gasteiger partial charge < -0.3 is 9.63 Å². The highest BCUT2D eigenvalue weighted by atomic mass is 79.9. The van der Waals surface area contributed by atoms with Gasteiger partial charge in [0.15, 0.2) is 5.82 Å². The fourth-order valence-corrected chi connectivity index (χ4v) is 2.59. The van der Waals surface area contributed by atoms with Crippen LogP contribution in [0.15, 0.2) is 51.5 Å². The highest BCUT2D eigenvalue weighted by molar-refractivity contribution is 9.10. The van der Waals surface area contributed by atoms with Crippen molar-refractivity contribution in [1.29, 1.82) is 0 Å². The molecule has 6 heteroatoms. The summed E-state index contributed by atoms with van der Waals surface area (Å²) in [4.78, 5) is 4.32. The quantitative estimate of drug-likeness (QED) is 0.745. The molecule has 0 unspecified atom stereocenters. The molecule has 0 fully saturated rings. The third-order valence-corrected chi connectivity index (χ3v) is 3.72.